The summed E-state index contributed by atoms with van der Waals surface area (Å²) in [5, 5.41) is 14.5. The number of nitrogens with one attached hydrogen (secondary N) is 1. The van der Waals surface area contributed by atoms with Crippen molar-refractivity contribution in [2.75, 3.05) is 19.9 Å². The molecule has 1 aromatic carbocycles. The Bertz CT molecular complexity index is 552. The molecule has 0 bridgehead atoms. The van der Waals surface area contributed by atoms with E-state index in [-0.39, 0.29) is 6.42 Å². The van der Waals surface area contributed by atoms with Gasteiger partial charge in [0.25, 0.3) is 0 Å². The first-order chi connectivity index (χ1) is 9.65. The SMILES string of the molecule is CCNC(CCF)C(O)(CF)c1ccc2ccoc2c1. The molecule has 2 N–H and O–H groups in total. The van der Waals surface area contributed by atoms with Crippen LogP contribution in [0, 0.1) is 0 Å². The van der Waals surface area contributed by atoms with Gasteiger partial charge in [-0.25, -0.2) is 4.39 Å². The van der Waals surface area contributed by atoms with E-state index in [0.29, 0.717) is 17.7 Å². The van der Waals surface area contributed by atoms with E-state index in [0.717, 1.165) is 5.39 Å². The number of aliphatic hydroxyl groups is 1. The average Bonchev–Trinajstić information content (AvgIpc) is 2.93. The molecule has 0 saturated heterocycles. The van der Waals surface area contributed by atoms with E-state index in [2.05, 4.69) is 5.32 Å². The minimum atomic E-state index is -1.76. The zero-order valence-corrected chi connectivity index (χ0v) is 11.4. The normalized spacial score (nSPS) is 16.2. The Morgan fingerprint density at radius 2 is 2.15 bits per heavy atom. The molecule has 2 aromatic rings. The fraction of sp³-hybridized carbons (Fsp3) is 0.467. The van der Waals surface area contributed by atoms with Crippen LogP contribution in [0.2, 0.25) is 0 Å². The van der Waals surface area contributed by atoms with Gasteiger partial charge in [-0.05, 0) is 30.7 Å². The number of benzene rings is 1. The van der Waals surface area contributed by atoms with Gasteiger partial charge in [0, 0.05) is 11.4 Å². The molecule has 0 amide bonds. The second-order valence-electron chi connectivity index (χ2n) is 4.82. The number of hydrogen-bond donors (Lipinski definition) is 2. The third-order valence-corrected chi connectivity index (χ3v) is 3.58. The number of hydrogen-bond acceptors (Lipinski definition) is 3. The highest BCUT2D eigenvalue weighted by Crippen LogP contribution is 2.30. The van der Waals surface area contributed by atoms with Gasteiger partial charge in [-0.15, -0.1) is 0 Å². The van der Waals surface area contributed by atoms with E-state index in [4.69, 9.17) is 4.42 Å². The molecule has 0 spiro atoms. The molecule has 110 valence electrons. The van der Waals surface area contributed by atoms with Crippen LogP contribution in [0.5, 0.6) is 0 Å². The topological polar surface area (TPSA) is 45.4 Å². The van der Waals surface area contributed by atoms with Gasteiger partial charge in [-0.1, -0.05) is 19.1 Å². The molecule has 1 aromatic heterocycles. The van der Waals surface area contributed by atoms with Gasteiger partial charge in [-0.3, -0.25) is 4.39 Å². The van der Waals surface area contributed by atoms with Gasteiger partial charge in [0.15, 0.2) is 0 Å². The first kappa shape index (κ1) is 14.9. The van der Waals surface area contributed by atoms with Crippen LogP contribution >= 0.6 is 0 Å². The second-order valence-corrected chi connectivity index (χ2v) is 4.82. The summed E-state index contributed by atoms with van der Waals surface area (Å²) in [7, 11) is 0. The standard InChI is InChI=1S/C15H19F2NO2/c1-2-18-14(5-7-16)15(19,10-17)12-4-3-11-6-8-20-13(11)9-12/h3-4,6,8-9,14,18-19H,2,5,7,10H2,1H3. The maximum atomic E-state index is 13.5. The second kappa shape index (κ2) is 6.33. The molecular weight excluding hydrogens is 264 g/mol. The molecule has 1 heterocycles. The van der Waals surface area contributed by atoms with Crippen molar-refractivity contribution in [2.24, 2.45) is 0 Å². The molecule has 2 rings (SSSR count). The highest BCUT2D eigenvalue weighted by molar-refractivity contribution is 5.77. The predicted octanol–water partition coefficient (Wildman–Crippen LogP) is 2.93. The van der Waals surface area contributed by atoms with Crippen molar-refractivity contribution in [1.82, 2.24) is 5.32 Å². The Morgan fingerprint density at radius 1 is 1.35 bits per heavy atom. The predicted molar refractivity (Wildman–Crippen MR) is 74.1 cm³/mol. The first-order valence-electron chi connectivity index (χ1n) is 6.71. The lowest BCUT2D eigenvalue weighted by atomic mass is 9.85. The minimum absolute atomic E-state index is 0.0461. The lowest BCUT2D eigenvalue weighted by Crippen LogP contribution is -2.50. The number of furan rings is 1. The van der Waals surface area contributed by atoms with Crippen LogP contribution in [0.3, 0.4) is 0 Å². The van der Waals surface area contributed by atoms with Gasteiger partial charge in [-0.2, -0.15) is 0 Å². The summed E-state index contributed by atoms with van der Waals surface area (Å²) in [5.74, 6) is 0. The summed E-state index contributed by atoms with van der Waals surface area (Å²) in [6.07, 6.45) is 1.58. The third kappa shape index (κ3) is 2.69. The molecule has 3 nitrogen and oxygen atoms in total. The summed E-state index contributed by atoms with van der Waals surface area (Å²) in [5.41, 5.74) is -0.796. The fourth-order valence-electron chi connectivity index (χ4n) is 2.46. The summed E-state index contributed by atoms with van der Waals surface area (Å²) in [6, 6.07) is 6.12. The van der Waals surface area contributed by atoms with Gasteiger partial charge >= 0.3 is 0 Å². The van der Waals surface area contributed by atoms with Gasteiger partial charge in [0.2, 0.25) is 0 Å². The number of likely N-dealkylation sites (N-methyl/N-ethyl adjacent to an activating group) is 1. The van der Waals surface area contributed by atoms with Crippen LogP contribution in [-0.2, 0) is 5.60 Å². The van der Waals surface area contributed by atoms with E-state index < -0.39 is 25.0 Å². The highest BCUT2D eigenvalue weighted by Gasteiger charge is 2.38. The van der Waals surface area contributed by atoms with E-state index in [1.165, 1.54) is 6.26 Å². The summed E-state index contributed by atoms with van der Waals surface area (Å²) < 4.78 is 31.4. The zero-order valence-electron chi connectivity index (χ0n) is 11.4. The first-order valence-corrected chi connectivity index (χ1v) is 6.71. The largest absolute Gasteiger partial charge is 0.464 e. The molecular formula is C15H19F2NO2. The lowest BCUT2D eigenvalue weighted by Gasteiger charge is -2.34. The number of fused-ring (bicyclic) bond motifs is 1. The number of halogens is 2. The highest BCUT2D eigenvalue weighted by atomic mass is 19.1. The third-order valence-electron chi connectivity index (χ3n) is 3.58. The van der Waals surface area contributed by atoms with Crippen LogP contribution in [-0.4, -0.2) is 31.0 Å². The Hall–Kier alpha value is -1.46. The molecule has 2 atom stereocenters. The molecule has 5 heteroatoms. The van der Waals surface area contributed by atoms with Crippen molar-refractivity contribution in [3.05, 3.63) is 36.1 Å². The molecule has 0 aliphatic heterocycles. The Balaban J connectivity index is 2.40. The molecule has 0 fully saturated rings. The molecule has 2 unspecified atom stereocenters. The molecule has 0 aliphatic carbocycles. The van der Waals surface area contributed by atoms with Crippen molar-refractivity contribution in [3.63, 3.8) is 0 Å². The van der Waals surface area contributed by atoms with Gasteiger partial charge in [0.1, 0.15) is 17.9 Å². The maximum Gasteiger partial charge on any atom is 0.134 e. The van der Waals surface area contributed by atoms with Crippen molar-refractivity contribution in [3.8, 4) is 0 Å². The molecule has 0 aliphatic rings. The summed E-state index contributed by atoms with van der Waals surface area (Å²) >= 11 is 0. The lowest BCUT2D eigenvalue weighted by molar-refractivity contribution is -0.0286. The Kier molecular flexibility index (Phi) is 4.73. The quantitative estimate of drug-likeness (QED) is 0.821. The Morgan fingerprint density at radius 3 is 2.80 bits per heavy atom. The van der Waals surface area contributed by atoms with Gasteiger partial charge in [0.05, 0.1) is 12.9 Å². The average molecular weight is 283 g/mol. The summed E-state index contributed by atoms with van der Waals surface area (Å²) in [4.78, 5) is 0. The van der Waals surface area contributed by atoms with E-state index in [1.807, 2.05) is 6.92 Å². The van der Waals surface area contributed by atoms with E-state index >= 15 is 0 Å². The monoisotopic (exact) mass is 283 g/mol. The zero-order chi connectivity index (χ0) is 14.6. The van der Waals surface area contributed by atoms with Crippen molar-refractivity contribution in [1.29, 1.82) is 0 Å². The van der Waals surface area contributed by atoms with Crippen molar-refractivity contribution < 1.29 is 18.3 Å². The van der Waals surface area contributed by atoms with Crippen LogP contribution in [0.15, 0.2) is 34.9 Å². The minimum Gasteiger partial charge on any atom is -0.464 e. The maximum absolute atomic E-state index is 13.5. The molecule has 20 heavy (non-hydrogen) atoms. The molecule has 0 radical (unpaired) electrons. The number of rotatable bonds is 7. The van der Waals surface area contributed by atoms with E-state index in [1.54, 1.807) is 24.3 Å². The Labute approximate surface area is 116 Å². The van der Waals surface area contributed by atoms with Gasteiger partial charge < -0.3 is 14.8 Å². The number of alkyl halides is 2. The summed E-state index contributed by atoms with van der Waals surface area (Å²) in [6.45, 7) is 0.745. The molecule has 0 saturated carbocycles. The van der Waals surface area contributed by atoms with Crippen LogP contribution < -0.4 is 5.32 Å². The van der Waals surface area contributed by atoms with Crippen molar-refractivity contribution in [2.45, 2.75) is 25.0 Å². The smallest absolute Gasteiger partial charge is 0.134 e. The van der Waals surface area contributed by atoms with E-state index in [9.17, 15) is 13.9 Å². The van der Waals surface area contributed by atoms with Crippen LogP contribution in [0.25, 0.3) is 11.0 Å². The fourth-order valence-corrected chi connectivity index (χ4v) is 2.46. The van der Waals surface area contributed by atoms with Crippen LogP contribution in [0.1, 0.15) is 18.9 Å². The van der Waals surface area contributed by atoms with Crippen molar-refractivity contribution >= 4 is 11.0 Å². The van der Waals surface area contributed by atoms with Crippen LogP contribution in [0.4, 0.5) is 8.78 Å².